The summed E-state index contributed by atoms with van der Waals surface area (Å²) in [6, 6.07) is 11.8. The summed E-state index contributed by atoms with van der Waals surface area (Å²) < 4.78 is 76.1. The predicted octanol–water partition coefficient (Wildman–Crippen LogP) is 2.30. The third kappa shape index (κ3) is 9.51. The van der Waals surface area contributed by atoms with Gasteiger partial charge in [-0.25, -0.2) is 14.4 Å². The zero-order valence-electron chi connectivity index (χ0n) is 23.0. The average molecular weight is 667 g/mol. The van der Waals surface area contributed by atoms with E-state index in [0.29, 0.717) is 10.8 Å². The molecule has 15 nitrogen and oxygen atoms in total. The summed E-state index contributed by atoms with van der Waals surface area (Å²) in [6.45, 7) is -1.56. The van der Waals surface area contributed by atoms with Gasteiger partial charge in [0.2, 0.25) is 0 Å². The number of carboxylic acid groups (broad SMARTS) is 2. The van der Waals surface area contributed by atoms with Crippen LogP contribution in [0.1, 0.15) is 0 Å². The van der Waals surface area contributed by atoms with Crippen LogP contribution in [0, 0.1) is 0 Å². The summed E-state index contributed by atoms with van der Waals surface area (Å²) in [5.74, 6) is -2.90. The molecule has 0 aromatic heterocycles. The van der Waals surface area contributed by atoms with E-state index < -0.39 is 61.2 Å². The molecule has 222 valence electrons. The van der Waals surface area contributed by atoms with Crippen molar-refractivity contribution >= 4 is 130 Å². The van der Waals surface area contributed by atoms with Crippen molar-refractivity contribution in [3.63, 3.8) is 0 Å². The van der Waals surface area contributed by atoms with Gasteiger partial charge in [-0.05, 0) is 59.3 Å². The maximum Gasteiger partial charge on any atom is 0.341 e. The maximum atomic E-state index is 12.7. The molecule has 0 fully saturated rings. The Morgan fingerprint density at radius 3 is 1.30 bits per heavy atom. The third-order valence-electron chi connectivity index (χ3n) is 5.59. The molecule has 4 aromatic carbocycles. The molecule has 0 aliphatic heterocycles. The Morgan fingerprint density at radius 1 is 0.614 bits per heavy atom. The number of anilines is 2. The number of carbonyl (C=O) groups excluding carboxylic acids is 1. The number of fused-ring (bicyclic) bond motifs is 2. The molecule has 0 aliphatic rings. The first-order valence-electron chi connectivity index (χ1n) is 11.5. The fraction of sp³-hybridized carbons (Fsp3) is 0.0800. The van der Waals surface area contributed by atoms with E-state index in [1.165, 1.54) is 36.4 Å². The molecule has 19 heteroatoms. The number of benzene rings is 4. The summed E-state index contributed by atoms with van der Waals surface area (Å²) in [5.41, 5.74) is 0.325. The van der Waals surface area contributed by atoms with Crippen LogP contribution in [-0.4, -0.2) is 126 Å². The standard InChI is InChI=1S/C25H20N2O13S2.2Na/c28-23(29)11-39-21-9-17(41(33,34)35)7-13-5-15(1-3-19(13)21)26-25(32)27-16-2-4-20-14(6-16)8-18(42(36,37)38)10-22(20)40-12-24(30)31;;/h1-10H,11-12H2,(H,28,29)(H,30,31)(H2,26,27,32)(H,33,34,35)(H,36,37,38);;. The second kappa shape index (κ2) is 14.9. The van der Waals surface area contributed by atoms with E-state index in [2.05, 4.69) is 10.6 Å². The molecule has 44 heavy (non-hydrogen) atoms. The van der Waals surface area contributed by atoms with Crippen molar-refractivity contribution in [3.05, 3.63) is 60.7 Å². The molecule has 4 rings (SSSR count). The van der Waals surface area contributed by atoms with Gasteiger partial charge in [-0.15, -0.1) is 0 Å². The van der Waals surface area contributed by atoms with E-state index >= 15 is 0 Å². The number of aliphatic carboxylic acids is 2. The number of carboxylic acids is 2. The summed E-state index contributed by atoms with van der Waals surface area (Å²) >= 11 is 0. The minimum Gasteiger partial charge on any atom is -0.481 e. The van der Waals surface area contributed by atoms with Gasteiger partial charge in [-0.1, -0.05) is 0 Å². The molecular weight excluding hydrogens is 646 g/mol. The number of ether oxygens (including phenoxy) is 2. The second-order valence-corrected chi connectivity index (χ2v) is 11.5. The van der Waals surface area contributed by atoms with Crippen molar-refractivity contribution in [2.45, 2.75) is 9.79 Å². The maximum absolute atomic E-state index is 12.7. The first-order chi connectivity index (χ1) is 19.6. The molecule has 0 saturated heterocycles. The number of rotatable bonds is 10. The van der Waals surface area contributed by atoms with E-state index in [1.54, 1.807) is 0 Å². The normalized spacial score (nSPS) is 11.1. The van der Waals surface area contributed by atoms with Gasteiger partial charge in [0.1, 0.15) is 11.5 Å². The Balaban J connectivity index is 0.00000337. The Hall–Kier alpha value is -2.97. The number of nitrogens with one attached hydrogen (secondary N) is 2. The van der Waals surface area contributed by atoms with Gasteiger partial charge in [0, 0.05) is 93.4 Å². The Bertz CT molecular complexity index is 1840. The van der Waals surface area contributed by atoms with Gasteiger partial charge in [0.05, 0.1) is 9.79 Å². The van der Waals surface area contributed by atoms with E-state index in [4.69, 9.17) is 19.7 Å². The number of urea groups is 1. The monoisotopic (exact) mass is 666 g/mol. The van der Waals surface area contributed by atoms with Crippen LogP contribution in [-0.2, 0) is 29.8 Å². The van der Waals surface area contributed by atoms with Crippen LogP contribution in [0.15, 0.2) is 70.5 Å². The number of carbonyl (C=O) groups is 3. The molecule has 0 heterocycles. The van der Waals surface area contributed by atoms with Crippen molar-refractivity contribution in [2.75, 3.05) is 23.8 Å². The van der Waals surface area contributed by atoms with Crippen LogP contribution < -0.4 is 20.1 Å². The summed E-state index contributed by atoms with van der Waals surface area (Å²) in [5, 5.41) is 23.8. The first-order valence-corrected chi connectivity index (χ1v) is 14.4. The first kappa shape index (κ1) is 37.2. The van der Waals surface area contributed by atoms with Crippen LogP contribution in [0.4, 0.5) is 16.2 Å². The van der Waals surface area contributed by atoms with Crippen LogP contribution in [0.5, 0.6) is 11.5 Å². The van der Waals surface area contributed by atoms with Crippen molar-refractivity contribution < 1.29 is 60.0 Å². The third-order valence-corrected chi connectivity index (χ3v) is 7.25. The molecule has 4 aromatic rings. The molecule has 0 unspecified atom stereocenters. The van der Waals surface area contributed by atoms with Crippen LogP contribution in [0.3, 0.4) is 0 Å². The Morgan fingerprint density at radius 2 is 0.977 bits per heavy atom. The van der Waals surface area contributed by atoms with Crippen molar-refractivity contribution in [1.29, 1.82) is 0 Å². The van der Waals surface area contributed by atoms with Gasteiger partial charge < -0.3 is 30.3 Å². The van der Waals surface area contributed by atoms with E-state index in [0.717, 1.165) is 24.3 Å². The SMILES string of the molecule is O=C(O)COc1cc(S(=O)(=O)O)cc2cc(NC(=O)Nc3ccc4c(OCC(=O)O)cc(S(=O)(=O)O)cc4c3)ccc12.[Na].[Na]. The van der Waals surface area contributed by atoms with Crippen molar-refractivity contribution in [1.82, 2.24) is 0 Å². The van der Waals surface area contributed by atoms with Crippen LogP contribution in [0.25, 0.3) is 21.5 Å². The van der Waals surface area contributed by atoms with Gasteiger partial charge in [0.15, 0.2) is 13.2 Å². The zero-order chi connectivity index (χ0) is 30.8. The minimum absolute atomic E-state index is 0. The quantitative estimate of drug-likeness (QED) is 0.105. The summed E-state index contributed by atoms with van der Waals surface area (Å²) in [7, 11) is -9.38. The summed E-state index contributed by atoms with van der Waals surface area (Å²) in [6.07, 6.45) is 0. The van der Waals surface area contributed by atoms with Gasteiger partial charge >= 0.3 is 18.0 Å². The number of hydrogen-bond acceptors (Lipinski definition) is 9. The van der Waals surface area contributed by atoms with Gasteiger partial charge in [-0.2, -0.15) is 16.8 Å². The molecule has 0 saturated carbocycles. The molecule has 0 spiro atoms. The molecule has 2 radical (unpaired) electrons. The Kier molecular flexibility index (Phi) is 12.6. The topological polar surface area (TPSA) is 243 Å². The van der Waals surface area contributed by atoms with E-state index in [-0.39, 0.29) is 92.8 Å². The number of hydrogen-bond donors (Lipinski definition) is 6. The second-order valence-electron chi connectivity index (χ2n) is 8.61. The molecular formula is C25H20N2Na2O13S2. The molecule has 0 aliphatic carbocycles. The van der Waals surface area contributed by atoms with Crippen LogP contribution >= 0.6 is 0 Å². The summed E-state index contributed by atoms with van der Waals surface area (Å²) in [4.78, 5) is 33.4. The largest absolute Gasteiger partial charge is 0.481 e. The predicted molar refractivity (Wildman–Crippen MR) is 158 cm³/mol. The smallest absolute Gasteiger partial charge is 0.341 e. The molecule has 2 amide bonds. The minimum atomic E-state index is -4.69. The average Bonchev–Trinajstić information content (AvgIpc) is 2.88. The van der Waals surface area contributed by atoms with Gasteiger partial charge in [-0.3, -0.25) is 9.11 Å². The molecule has 6 N–H and O–H groups in total. The Labute approximate surface area is 293 Å². The van der Waals surface area contributed by atoms with E-state index in [9.17, 15) is 40.3 Å². The molecule has 0 atom stereocenters. The molecule has 0 bridgehead atoms. The van der Waals surface area contributed by atoms with E-state index in [1.807, 2.05) is 0 Å². The van der Waals surface area contributed by atoms with Crippen molar-refractivity contribution in [2.24, 2.45) is 0 Å². The van der Waals surface area contributed by atoms with Crippen molar-refractivity contribution in [3.8, 4) is 11.5 Å². The van der Waals surface area contributed by atoms with Crippen LogP contribution in [0.2, 0.25) is 0 Å². The zero-order valence-corrected chi connectivity index (χ0v) is 28.6. The van der Waals surface area contributed by atoms with Gasteiger partial charge in [0.25, 0.3) is 20.2 Å². The fourth-order valence-corrected chi connectivity index (χ4v) is 4.95. The number of amides is 2. The fourth-order valence-electron chi connectivity index (χ4n) is 3.88.